The van der Waals surface area contributed by atoms with E-state index in [0.717, 1.165) is 29.3 Å². The van der Waals surface area contributed by atoms with Crippen molar-refractivity contribution in [1.82, 2.24) is 10.0 Å². The van der Waals surface area contributed by atoms with Crippen LogP contribution in [0.25, 0.3) is 0 Å². The van der Waals surface area contributed by atoms with Crippen molar-refractivity contribution in [3.63, 3.8) is 0 Å². The van der Waals surface area contributed by atoms with Crippen LogP contribution in [0.15, 0.2) is 66.0 Å². The smallest absolute Gasteiger partial charge is 0.353 e. The molecule has 0 spiro atoms. The fourth-order valence-corrected chi connectivity index (χ4v) is 6.82. The van der Waals surface area contributed by atoms with Crippen molar-refractivity contribution in [3.05, 3.63) is 87.1 Å². The number of nitrogens with zero attached hydrogens (tertiary/aromatic N) is 2. The molecule has 39 heavy (non-hydrogen) atoms. The number of halogens is 1. The molecule has 3 amide bonds. The minimum absolute atomic E-state index is 0.133. The van der Waals surface area contributed by atoms with Gasteiger partial charge in [0.15, 0.2) is 5.78 Å². The highest BCUT2D eigenvalue weighted by Gasteiger charge is 2.62. The van der Waals surface area contributed by atoms with Crippen molar-refractivity contribution in [2.75, 3.05) is 6.54 Å². The van der Waals surface area contributed by atoms with E-state index in [1.54, 1.807) is 17.5 Å². The fraction of sp³-hybridized carbons (Fsp3) is 0.276. The minimum atomic E-state index is -0.643. The average molecular weight is 563 g/mol. The van der Waals surface area contributed by atoms with Gasteiger partial charge in [-0.15, -0.1) is 11.3 Å². The molecule has 2 aromatic carbocycles. The molecule has 1 saturated heterocycles. The van der Waals surface area contributed by atoms with Crippen LogP contribution in [0.4, 0.5) is 0 Å². The van der Waals surface area contributed by atoms with E-state index in [1.165, 1.54) is 59.9 Å². The van der Waals surface area contributed by atoms with Crippen LogP contribution in [0.5, 0.6) is 5.75 Å². The quantitative estimate of drug-likeness (QED) is 0.176. The molecule has 4 atom stereocenters. The van der Waals surface area contributed by atoms with Gasteiger partial charge in [-0.1, -0.05) is 17.7 Å². The third-order valence-electron chi connectivity index (χ3n) is 7.87. The summed E-state index contributed by atoms with van der Waals surface area (Å²) >= 11 is 7.24. The number of fused-ring (bicyclic) bond motifs is 5. The summed E-state index contributed by atoms with van der Waals surface area (Å²) in [6, 6.07) is 15.4. The maximum atomic E-state index is 13.6. The van der Waals surface area contributed by atoms with Crippen molar-refractivity contribution >= 4 is 52.4 Å². The van der Waals surface area contributed by atoms with Crippen LogP contribution < -0.4 is 4.74 Å². The Balaban J connectivity index is 1.25. The normalized spacial score (nSPS) is 23.2. The average Bonchev–Trinajstić information content (AvgIpc) is 3.74. The molecule has 198 valence electrons. The molecule has 10 heteroatoms. The highest BCUT2D eigenvalue weighted by Crippen LogP contribution is 2.56. The molecule has 0 N–H and O–H groups in total. The molecular weight excluding hydrogens is 540 g/mol. The van der Waals surface area contributed by atoms with Crippen LogP contribution in [0.1, 0.15) is 49.7 Å². The molecule has 2 bridgehead atoms. The predicted octanol–water partition coefficient (Wildman–Crippen LogP) is 4.89. The number of hydrogen-bond donors (Lipinski definition) is 0. The topological polar surface area (TPSA) is 101 Å². The summed E-state index contributed by atoms with van der Waals surface area (Å²) in [6.07, 6.45) is 2.65. The van der Waals surface area contributed by atoms with Gasteiger partial charge in [-0.3, -0.25) is 19.2 Å². The maximum Gasteiger partial charge on any atom is 0.353 e. The molecule has 2 saturated carbocycles. The van der Waals surface area contributed by atoms with E-state index < -0.39 is 47.9 Å². The maximum absolute atomic E-state index is 13.6. The summed E-state index contributed by atoms with van der Waals surface area (Å²) in [5.41, 5.74) is 0.433. The van der Waals surface area contributed by atoms with E-state index in [2.05, 4.69) is 0 Å². The Kier molecular flexibility index (Phi) is 6.56. The predicted molar refractivity (Wildman–Crippen MR) is 142 cm³/mol. The summed E-state index contributed by atoms with van der Waals surface area (Å²) in [5, 5.41) is 4.07. The molecule has 1 aliphatic heterocycles. The Labute approximate surface area is 233 Å². The largest absolute Gasteiger partial charge is 0.422 e. The molecule has 2 aliphatic carbocycles. The van der Waals surface area contributed by atoms with Gasteiger partial charge in [0.2, 0.25) is 0 Å². The molecule has 6 rings (SSSR count). The van der Waals surface area contributed by atoms with Gasteiger partial charge in [0.05, 0.1) is 11.8 Å². The zero-order valence-electron chi connectivity index (χ0n) is 20.6. The second kappa shape index (κ2) is 10.1. The van der Waals surface area contributed by atoms with Crippen LogP contribution in [0.2, 0.25) is 5.02 Å². The van der Waals surface area contributed by atoms with Crippen LogP contribution in [0.3, 0.4) is 0 Å². The summed E-state index contributed by atoms with van der Waals surface area (Å²) in [6.45, 7) is -0.512. The van der Waals surface area contributed by atoms with Gasteiger partial charge in [0.25, 0.3) is 17.7 Å². The van der Waals surface area contributed by atoms with E-state index in [4.69, 9.17) is 16.3 Å². The lowest BCUT2D eigenvalue weighted by Gasteiger charge is -2.30. The highest BCUT2D eigenvalue weighted by atomic mass is 35.5. The van der Waals surface area contributed by atoms with Gasteiger partial charge in [-0.05, 0) is 91.1 Å². The standard InChI is InChI=1S/C29H23ClN2O6S/c30-20-9-5-17(6-10-20)26(34)31(32-27(35)24-18-3-4-19(14-18)25(24)28(32)36)15-22(33)16-7-11-21(12-8-16)38-29(37)23-2-1-13-39-23/h1-2,5-13,18-19,24-25H,3-4,14-15H2/t18-,19-,24-,25-/m0/s1. The van der Waals surface area contributed by atoms with Gasteiger partial charge in [-0.2, -0.15) is 5.01 Å². The van der Waals surface area contributed by atoms with Crippen molar-refractivity contribution in [3.8, 4) is 5.75 Å². The molecule has 0 unspecified atom stereocenters. The molecule has 3 aliphatic rings. The molecule has 0 radical (unpaired) electrons. The Morgan fingerprint density at radius 3 is 2.10 bits per heavy atom. The minimum Gasteiger partial charge on any atom is -0.422 e. The van der Waals surface area contributed by atoms with Crippen LogP contribution in [-0.4, -0.2) is 46.0 Å². The lowest BCUT2D eigenvalue weighted by molar-refractivity contribution is -0.155. The third-order valence-corrected chi connectivity index (χ3v) is 8.98. The van der Waals surface area contributed by atoms with E-state index in [-0.39, 0.29) is 28.7 Å². The van der Waals surface area contributed by atoms with E-state index in [0.29, 0.717) is 9.90 Å². The van der Waals surface area contributed by atoms with Crippen LogP contribution >= 0.6 is 22.9 Å². The fourth-order valence-electron chi connectivity index (χ4n) is 6.09. The summed E-state index contributed by atoms with van der Waals surface area (Å²) in [5.74, 6) is -2.81. The van der Waals surface area contributed by atoms with Gasteiger partial charge in [0, 0.05) is 16.1 Å². The Bertz CT molecular complexity index is 1440. The van der Waals surface area contributed by atoms with E-state index in [9.17, 15) is 24.0 Å². The van der Waals surface area contributed by atoms with Crippen molar-refractivity contribution in [2.24, 2.45) is 23.7 Å². The summed E-state index contributed by atoms with van der Waals surface area (Å²) in [4.78, 5) is 66.7. The van der Waals surface area contributed by atoms with Crippen molar-refractivity contribution in [1.29, 1.82) is 0 Å². The first-order valence-corrected chi connectivity index (χ1v) is 13.9. The van der Waals surface area contributed by atoms with Crippen LogP contribution in [-0.2, 0) is 9.59 Å². The number of ether oxygens (including phenoxy) is 1. The van der Waals surface area contributed by atoms with Gasteiger partial charge < -0.3 is 4.74 Å². The number of benzene rings is 2. The number of thiophene rings is 1. The van der Waals surface area contributed by atoms with Gasteiger partial charge in [0.1, 0.15) is 17.2 Å². The number of esters is 1. The number of amides is 3. The first-order valence-electron chi connectivity index (χ1n) is 12.7. The molecule has 3 aromatic rings. The zero-order chi connectivity index (χ0) is 27.3. The van der Waals surface area contributed by atoms with Crippen molar-refractivity contribution in [2.45, 2.75) is 19.3 Å². The van der Waals surface area contributed by atoms with E-state index in [1.807, 2.05) is 0 Å². The second-order valence-electron chi connectivity index (χ2n) is 10.1. The number of carbonyl (C=O) groups is 5. The number of Topliss-reactive ketones (excluding diaryl/α,β-unsaturated/α-hetero) is 1. The van der Waals surface area contributed by atoms with E-state index >= 15 is 0 Å². The first-order chi connectivity index (χ1) is 18.8. The second-order valence-corrected chi connectivity index (χ2v) is 11.4. The molecule has 2 heterocycles. The van der Waals surface area contributed by atoms with Crippen molar-refractivity contribution < 1.29 is 28.7 Å². The molecule has 3 fully saturated rings. The molecule has 1 aromatic heterocycles. The summed E-state index contributed by atoms with van der Waals surface area (Å²) in [7, 11) is 0. The highest BCUT2D eigenvalue weighted by molar-refractivity contribution is 7.12. The summed E-state index contributed by atoms with van der Waals surface area (Å²) < 4.78 is 5.35. The molecular formula is C29H23ClN2O6S. The van der Waals surface area contributed by atoms with Gasteiger partial charge in [-0.25, -0.2) is 9.80 Å². The lowest BCUT2D eigenvalue weighted by atomic mass is 9.81. The number of imide groups is 1. The van der Waals surface area contributed by atoms with Crippen LogP contribution in [0, 0.1) is 23.7 Å². The molecule has 8 nitrogen and oxygen atoms in total. The van der Waals surface area contributed by atoms with Gasteiger partial charge >= 0.3 is 5.97 Å². The Morgan fingerprint density at radius 1 is 0.897 bits per heavy atom. The number of ketones is 1. The number of rotatable bonds is 7. The SMILES string of the molecule is O=C(CN(C(=O)c1ccc(Cl)cc1)N1C(=O)[C@H]2[C@H]3CC[C@@H](C3)[C@@H]2C1=O)c1ccc(OC(=O)c2cccs2)cc1. The zero-order valence-corrected chi connectivity index (χ0v) is 22.2. The number of hydrogen-bond acceptors (Lipinski definition) is 7. The Hall–Kier alpha value is -3.82. The number of carbonyl (C=O) groups excluding carboxylic acids is 5. The number of hydrazine groups is 1. The monoisotopic (exact) mass is 562 g/mol. The third kappa shape index (κ3) is 4.55. The lowest BCUT2D eigenvalue weighted by Crippen LogP contribution is -2.52. The Morgan fingerprint density at radius 2 is 1.51 bits per heavy atom. The first kappa shape index (κ1) is 25.5.